The first kappa shape index (κ1) is 17.0. The molecular weight excluding hydrogens is 353 g/mol. The van der Waals surface area contributed by atoms with Gasteiger partial charge in [-0.3, -0.25) is 4.79 Å². The Balaban J connectivity index is 1.61. The zero-order valence-electron chi connectivity index (χ0n) is 12.7. The summed E-state index contributed by atoms with van der Waals surface area (Å²) in [6.07, 6.45) is 1.61. The molecule has 1 saturated heterocycles. The van der Waals surface area contributed by atoms with E-state index in [0.717, 1.165) is 12.8 Å². The number of benzene rings is 1. The van der Waals surface area contributed by atoms with E-state index in [0.29, 0.717) is 29.0 Å². The van der Waals surface area contributed by atoms with Crippen molar-refractivity contribution >= 4 is 29.1 Å². The summed E-state index contributed by atoms with van der Waals surface area (Å²) in [6.45, 7) is 1.32. The van der Waals surface area contributed by atoms with Crippen LogP contribution in [0.2, 0.25) is 10.0 Å². The Morgan fingerprint density at radius 2 is 1.92 bits per heavy atom. The van der Waals surface area contributed by atoms with Crippen molar-refractivity contribution in [3.63, 3.8) is 0 Å². The van der Waals surface area contributed by atoms with E-state index in [4.69, 9.17) is 32.7 Å². The lowest BCUT2D eigenvalue weighted by molar-refractivity contribution is 0.0693. The highest BCUT2D eigenvalue weighted by Gasteiger charge is 2.18. The molecule has 1 N–H and O–H groups in total. The molecule has 1 aliphatic rings. The predicted octanol–water partition coefficient (Wildman–Crippen LogP) is 3.48. The standard InChI is InChI=1S/C16H15Cl2N3O3/c17-12-2-1-11(9-13(12)18)24-15-4-3-14(20-21-15)16(22)19-10-5-7-23-8-6-10/h1-4,9-10H,5-8H2,(H,19,22). The van der Waals surface area contributed by atoms with E-state index >= 15 is 0 Å². The number of carbonyl (C=O) groups excluding carboxylic acids is 1. The second kappa shape index (κ2) is 7.79. The quantitative estimate of drug-likeness (QED) is 0.895. The van der Waals surface area contributed by atoms with E-state index in [2.05, 4.69) is 15.5 Å². The molecule has 8 heteroatoms. The van der Waals surface area contributed by atoms with E-state index < -0.39 is 0 Å². The Morgan fingerprint density at radius 1 is 1.12 bits per heavy atom. The summed E-state index contributed by atoms with van der Waals surface area (Å²) >= 11 is 11.8. The van der Waals surface area contributed by atoms with Crippen molar-refractivity contribution in [2.75, 3.05) is 13.2 Å². The maximum atomic E-state index is 12.1. The van der Waals surface area contributed by atoms with Crippen molar-refractivity contribution in [2.45, 2.75) is 18.9 Å². The first-order chi connectivity index (χ1) is 11.6. The topological polar surface area (TPSA) is 73.3 Å². The fourth-order valence-corrected chi connectivity index (χ4v) is 2.55. The largest absolute Gasteiger partial charge is 0.437 e. The van der Waals surface area contributed by atoms with Crippen LogP contribution in [0.4, 0.5) is 0 Å². The Labute approximate surface area is 149 Å². The first-order valence-electron chi connectivity index (χ1n) is 7.47. The number of halogens is 2. The highest BCUT2D eigenvalue weighted by molar-refractivity contribution is 6.42. The van der Waals surface area contributed by atoms with Gasteiger partial charge in [-0.2, -0.15) is 0 Å². The molecule has 3 rings (SSSR count). The van der Waals surface area contributed by atoms with Crippen LogP contribution < -0.4 is 10.1 Å². The van der Waals surface area contributed by atoms with Crippen molar-refractivity contribution in [1.82, 2.24) is 15.5 Å². The lowest BCUT2D eigenvalue weighted by atomic mass is 10.1. The minimum absolute atomic E-state index is 0.111. The number of ether oxygens (including phenoxy) is 2. The zero-order valence-corrected chi connectivity index (χ0v) is 14.2. The average molecular weight is 368 g/mol. The molecule has 0 saturated carbocycles. The normalized spacial score (nSPS) is 15.1. The molecule has 1 fully saturated rings. The molecule has 6 nitrogen and oxygen atoms in total. The molecule has 0 bridgehead atoms. The van der Waals surface area contributed by atoms with Gasteiger partial charge in [-0.1, -0.05) is 23.2 Å². The number of rotatable bonds is 4. The fourth-order valence-electron chi connectivity index (χ4n) is 2.26. The van der Waals surface area contributed by atoms with Crippen molar-refractivity contribution in [1.29, 1.82) is 0 Å². The molecule has 1 aromatic carbocycles. The summed E-state index contributed by atoms with van der Waals surface area (Å²) in [7, 11) is 0. The van der Waals surface area contributed by atoms with Crippen LogP contribution in [0.25, 0.3) is 0 Å². The summed E-state index contributed by atoms with van der Waals surface area (Å²) < 4.78 is 10.8. The molecule has 2 heterocycles. The van der Waals surface area contributed by atoms with E-state index in [1.807, 2.05) is 0 Å². The summed E-state index contributed by atoms with van der Waals surface area (Å²) in [4.78, 5) is 12.1. The molecule has 0 unspecified atom stereocenters. The molecular formula is C16H15Cl2N3O3. The second-order valence-electron chi connectivity index (χ2n) is 5.29. The van der Waals surface area contributed by atoms with Crippen molar-refractivity contribution < 1.29 is 14.3 Å². The van der Waals surface area contributed by atoms with Gasteiger partial charge >= 0.3 is 0 Å². The fraction of sp³-hybridized carbons (Fsp3) is 0.312. The van der Waals surface area contributed by atoms with Crippen LogP contribution in [0.3, 0.4) is 0 Å². The third kappa shape index (κ3) is 4.35. The summed E-state index contributed by atoms with van der Waals surface area (Å²) in [5, 5.41) is 11.6. The molecule has 0 spiro atoms. The van der Waals surface area contributed by atoms with Gasteiger partial charge in [0.05, 0.1) is 10.0 Å². The molecule has 1 aliphatic heterocycles. The van der Waals surface area contributed by atoms with E-state index in [1.165, 1.54) is 0 Å². The van der Waals surface area contributed by atoms with Crippen molar-refractivity contribution in [2.24, 2.45) is 0 Å². The van der Waals surface area contributed by atoms with Crippen LogP contribution >= 0.6 is 23.2 Å². The van der Waals surface area contributed by atoms with Gasteiger partial charge in [0.1, 0.15) is 5.75 Å². The van der Waals surface area contributed by atoms with Crippen LogP contribution in [0, 0.1) is 0 Å². The van der Waals surface area contributed by atoms with E-state index in [9.17, 15) is 4.79 Å². The molecule has 1 amide bonds. The van der Waals surface area contributed by atoms with E-state index in [-0.39, 0.29) is 23.5 Å². The SMILES string of the molecule is O=C(NC1CCOCC1)c1ccc(Oc2ccc(Cl)c(Cl)c2)nn1. The number of hydrogen-bond acceptors (Lipinski definition) is 5. The van der Waals surface area contributed by atoms with Crippen molar-refractivity contribution in [3.8, 4) is 11.6 Å². The number of aromatic nitrogens is 2. The van der Waals surface area contributed by atoms with Gasteiger partial charge in [-0.25, -0.2) is 0 Å². The minimum atomic E-state index is -0.254. The maximum absolute atomic E-state index is 12.1. The Bertz CT molecular complexity index is 719. The predicted molar refractivity (Wildman–Crippen MR) is 89.9 cm³/mol. The van der Waals surface area contributed by atoms with Gasteiger partial charge in [0.2, 0.25) is 5.88 Å². The lowest BCUT2D eigenvalue weighted by Crippen LogP contribution is -2.39. The zero-order chi connectivity index (χ0) is 16.9. The monoisotopic (exact) mass is 367 g/mol. The molecule has 1 aromatic heterocycles. The Morgan fingerprint density at radius 3 is 2.58 bits per heavy atom. The van der Waals surface area contributed by atoms with Gasteiger partial charge in [0, 0.05) is 31.4 Å². The number of hydrogen-bond donors (Lipinski definition) is 1. The third-order valence-electron chi connectivity index (χ3n) is 3.54. The van der Waals surface area contributed by atoms with Crippen LogP contribution in [0.1, 0.15) is 23.3 Å². The number of carbonyl (C=O) groups is 1. The summed E-state index contributed by atoms with van der Waals surface area (Å²) in [5.74, 6) is 0.490. The number of nitrogens with zero attached hydrogens (tertiary/aromatic N) is 2. The Kier molecular flexibility index (Phi) is 5.50. The number of amides is 1. The van der Waals surface area contributed by atoms with Gasteiger partial charge in [-0.05, 0) is 31.0 Å². The van der Waals surface area contributed by atoms with Gasteiger partial charge in [0.25, 0.3) is 5.91 Å². The van der Waals surface area contributed by atoms with Crippen LogP contribution in [0.5, 0.6) is 11.6 Å². The molecule has 126 valence electrons. The minimum Gasteiger partial charge on any atom is -0.437 e. The van der Waals surface area contributed by atoms with Crippen molar-refractivity contribution in [3.05, 3.63) is 46.1 Å². The van der Waals surface area contributed by atoms with Gasteiger partial charge < -0.3 is 14.8 Å². The lowest BCUT2D eigenvalue weighted by Gasteiger charge is -2.22. The van der Waals surface area contributed by atoms with Crippen LogP contribution in [-0.2, 0) is 4.74 Å². The molecule has 2 aromatic rings. The third-order valence-corrected chi connectivity index (χ3v) is 4.28. The average Bonchev–Trinajstić information content (AvgIpc) is 2.60. The second-order valence-corrected chi connectivity index (χ2v) is 6.11. The summed E-state index contributed by atoms with van der Waals surface area (Å²) in [5.41, 5.74) is 0.239. The molecule has 24 heavy (non-hydrogen) atoms. The van der Waals surface area contributed by atoms with Gasteiger partial charge in [-0.15, -0.1) is 10.2 Å². The molecule has 0 aliphatic carbocycles. The highest BCUT2D eigenvalue weighted by Crippen LogP contribution is 2.28. The van der Waals surface area contributed by atoms with Crippen LogP contribution in [0.15, 0.2) is 30.3 Å². The summed E-state index contributed by atoms with van der Waals surface area (Å²) in [6, 6.07) is 8.13. The molecule has 0 atom stereocenters. The maximum Gasteiger partial charge on any atom is 0.272 e. The van der Waals surface area contributed by atoms with E-state index in [1.54, 1.807) is 30.3 Å². The first-order valence-corrected chi connectivity index (χ1v) is 8.22. The Hall–Kier alpha value is -1.89. The number of nitrogens with one attached hydrogen (secondary N) is 1. The van der Waals surface area contributed by atoms with Crippen LogP contribution in [-0.4, -0.2) is 35.4 Å². The highest BCUT2D eigenvalue weighted by atomic mass is 35.5. The molecule has 0 radical (unpaired) electrons. The van der Waals surface area contributed by atoms with Gasteiger partial charge in [0.15, 0.2) is 5.69 Å². The smallest absolute Gasteiger partial charge is 0.272 e.